The molecule has 6 nitrogen and oxygen atoms in total. The summed E-state index contributed by atoms with van der Waals surface area (Å²) in [6.45, 7) is 1.50. The zero-order valence-corrected chi connectivity index (χ0v) is 22.4. The second-order valence-corrected chi connectivity index (χ2v) is 10.6. The van der Waals surface area contributed by atoms with E-state index in [1.807, 2.05) is 0 Å². The van der Waals surface area contributed by atoms with Gasteiger partial charge in [-0.05, 0) is 99.5 Å². The van der Waals surface area contributed by atoms with Crippen molar-refractivity contribution in [3.63, 3.8) is 0 Å². The lowest BCUT2D eigenvalue weighted by atomic mass is 9.71. The SMILES string of the molecule is COc1ccc2ncc(CO)c(C(F)CCC3(CC(=O)O)CCN(CCCc4cc(F)c(F)c(F)c4)CC3)c2c1. The van der Waals surface area contributed by atoms with Gasteiger partial charge < -0.3 is 19.8 Å². The fourth-order valence-corrected chi connectivity index (χ4v) is 5.78. The Morgan fingerprint density at radius 2 is 1.85 bits per heavy atom. The number of nitrogens with zero attached hydrogens (tertiary/aromatic N) is 2. The van der Waals surface area contributed by atoms with E-state index in [2.05, 4.69) is 9.88 Å². The molecule has 1 aromatic heterocycles. The van der Waals surface area contributed by atoms with Gasteiger partial charge in [0.2, 0.25) is 0 Å². The van der Waals surface area contributed by atoms with Crippen LogP contribution in [0.5, 0.6) is 5.75 Å². The molecule has 1 unspecified atom stereocenters. The molecule has 0 spiro atoms. The Balaban J connectivity index is 1.40. The molecule has 0 radical (unpaired) electrons. The quantitative estimate of drug-likeness (QED) is 0.204. The summed E-state index contributed by atoms with van der Waals surface area (Å²) in [6.07, 6.45) is 2.56. The number of aromatic nitrogens is 1. The maximum Gasteiger partial charge on any atom is 0.303 e. The summed E-state index contributed by atoms with van der Waals surface area (Å²) in [5.74, 6) is -4.28. The highest BCUT2D eigenvalue weighted by Gasteiger charge is 2.37. The number of ether oxygens (including phenoxy) is 1. The van der Waals surface area contributed by atoms with Gasteiger partial charge in [-0.3, -0.25) is 9.78 Å². The van der Waals surface area contributed by atoms with Gasteiger partial charge in [-0.15, -0.1) is 0 Å². The summed E-state index contributed by atoms with van der Waals surface area (Å²) >= 11 is 0. The van der Waals surface area contributed by atoms with Gasteiger partial charge >= 0.3 is 5.97 Å². The number of halogens is 4. The highest BCUT2D eigenvalue weighted by atomic mass is 19.2. The van der Waals surface area contributed by atoms with E-state index in [0.29, 0.717) is 85.1 Å². The normalized spacial score (nSPS) is 16.2. The third kappa shape index (κ3) is 6.90. The number of carboxylic acids is 1. The number of fused-ring (bicyclic) bond motifs is 1. The van der Waals surface area contributed by atoms with Crippen molar-refractivity contribution in [1.82, 2.24) is 9.88 Å². The molecule has 1 fully saturated rings. The van der Waals surface area contributed by atoms with Crippen LogP contribution in [0.4, 0.5) is 17.6 Å². The molecular formula is C30H34F4N2O4. The van der Waals surface area contributed by atoms with Gasteiger partial charge in [-0.1, -0.05) is 0 Å². The molecule has 216 valence electrons. The molecule has 1 atom stereocenters. The number of aliphatic hydroxyl groups excluding tert-OH is 1. The van der Waals surface area contributed by atoms with Crippen LogP contribution in [-0.4, -0.2) is 52.8 Å². The Kier molecular flexibility index (Phi) is 9.63. The van der Waals surface area contributed by atoms with Crippen molar-refractivity contribution >= 4 is 16.9 Å². The number of aryl methyl sites for hydroxylation is 1. The summed E-state index contributed by atoms with van der Waals surface area (Å²) in [6, 6.07) is 7.17. The summed E-state index contributed by atoms with van der Waals surface area (Å²) in [4.78, 5) is 18.3. The molecule has 10 heteroatoms. The van der Waals surface area contributed by atoms with Crippen LogP contribution in [-0.2, 0) is 17.8 Å². The Morgan fingerprint density at radius 1 is 1.15 bits per heavy atom. The summed E-state index contributed by atoms with van der Waals surface area (Å²) in [5, 5.41) is 20.1. The number of aliphatic hydroxyl groups is 1. The molecule has 0 amide bonds. The van der Waals surface area contributed by atoms with E-state index in [4.69, 9.17) is 4.74 Å². The van der Waals surface area contributed by atoms with Crippen molar-refractivity contribution < 1.29 is 37.3 Å². The maximum absolute atomic E-state index is 15.9. The number of alkyl halides is 1. The van der Waals surface area contributed by atoms with Gasteiger partial charge in [0, 0.05) is 22.7 Å². The fourth-order valence-electron chi connectivity index (χ4n) is 5.78. The largest absolute Gasteiger partial charge is 0.497 e. The number of carbonyl (C=O) groups is 1. The molecule has 2 N–H and O–H groups in total. The maximum atomic E-state index is 15.9. The van der Waals surface area contributed by atoms with Gasteiger partial charge in [0.1, 0.15) is 11.9 Å². The number of benzene rings is 2. The predicted molar refractivity (Wildman–Crippen MR) is 142 cm³/mol. The molecule has 1 aliphatic rings. The van der Waals surface area contributed by atoms with Crippen LogP contribution in [0.25, 0.3) is 10.9 Å². The number of pyridine rings is 1. The summed E-state index contributed by atoms with van der Waals surface area (Å²) in [5.41, 5.74) is 1.12. The van der Waals surface area contributed by atoms with E-state index in [0.717, 1.165) is 12.1 Å². The first kappa shape index (κ1) is 29.7. The molecule has 2 heterocycles. The van der Waals surface area contributed by atoms with Gasteiger partial charge in [0.15, 0.2) is 17.5 Å². The van der Waals surface area contributed by atoms with Crippen LogP contribution < -0.4 is 4.74 Å². The molecule has 0 saturated carbocycles. The van der Waals surface area contributed by atoms with E-state index in [1.54, 1.807) is 18.2 Å². The predicted octanol–water partition coefficient (Wildman–Crippen LogP) is 6.13. The highest BCUT2D eigenvalue weighted by Crippen LogP contribution is 2.43. The first-order valence-electron chi connectivity index (χ1n) is 13.4. The number of rotatable bonds is 12. The molecule has 40 heavy (non-hydrogen) atoms. The van der Waals surface area contributed by atoms with E-state index < -0.39 is 35.0 Å². The molecule has 2 aromatic carbocycles. The lowest BCUT2D eigenvalue weighted by Gasteiger charge is -2.41. The molecule has 4 rings (SSSR count). The van der Waals surface area contributed by atoms with Gasteiger partial charge in [-0.25, -0.2) is 17.6 Å². The van der Waals surface area contributed by atoms with Crippen LogP contribution in [0.15, 0.2) is 36.5 Å². The highest BCUT2D eigenvalue weighted by molar-refractivity contribution is 5.85. The third-order valence-electron chi connectivity index (χ3n) is 8.04. The van der Waals surface area contributed by atoms with Crippen LogP contribution in [0, 0.1) is 22.9 Å². The van der Waals surface area contributed by atoms with Crippen molar-refractivity contribution in [2.45, 2.75) is 57.7 Å². The Labute approximate surface area is 230 Å². The van der Waals surface area contributed by atoms with Crippen LogP contribution in [0.1, 0.15) is 61.4 Å². The van der Waals surface area contributed by atoms with Crippen molar-refractivity contribution in [3.8, 4) is 5.75 Å². The average molecular weight is 563 g/mol. The third-order valence-corrected chi connectivity index (χ3v) is 8.04. The monoisotopic (exact) mass is 562 g/mol. The lowest BCUT2D eigenvalue weighted by Crippen LogP contribution is -2.41. The van der Waals surface area contributed by atoms with Gasteiger partial charge in [0.05, 0.1) is 25.7 Å². The van der Waals surface area contributed by atoms with Crippen molar-refractivity contribution in [1.29, 1.82) is 0 Å². The molecular weight excluding hydrogens is 528 g/mol. The zero-order valence-electron chi connectivity index (χ0n) is 22.4. The topological polar surface area (TPSA) is 82.9 Å². The zero-order chi connectivity index (χ0) is 28.9. The molecule has 1 aliphatic heterocycles. The Hall–Kier alpha value is -3.24. The second kappa shape index (κ2) is 13.0. The number of aliphatic carboxylic acids is 1. The number of piperidine rings is 1. The van der Waals surface area contributed by atoms with E-state index in [1.165, 1.54) is 13.3 Å². The van der Waals surface area contributed by atoms with Crippen molar-refractivity contribution in [3.05, 3.63) is 70.7 Å². The standard InChI is InChI=1S/C30H34F4N2O4/c1-40-21-4-5-26-22(15-21)28(20(18-37)17-35-26)23(31)6-7-30(16-27(38)39)8-11-36(12-9-30)10-2-3-19-13-24(32)29(34)25(33)14-19/h4-5,13-15,17,23,37H,2-3,6-12,16,18H2,1H3,(H,38,39). The minimum atomic E-state index is -1.48. The van der Waals surface area contributed by atoms with E-state index in [9.17, 15) is 28.2 Å². The van der Waals surface area contributed by atoms with Crippen molar-refractivity contribution in [2.24, 2.45) is 5.41 Å². The summed E-state index contributed by atoms with van der Waals surface area (Å²) in [7, 11) is 1.52. The first-order chi connectivity index (χ1) is 19.1. The number of methoxy groups -OCH3 is 1. The molecule has 3 aromatic rings. The van der Waals surface area contributed by atoms with E-state index >= 15 is 4.39 Å². The first-order valence-corrected chi connectivity index (χ1v) is 13.4. The number of hydrogen-bond donors (Lipinski definition) is 2. The number of likely N-dealkylation sites (tertiary alicyclic amines) is 1. The second-order valence-electron chi connectivity index (χ2n) is 10.6. The minimum Gasteiger partial charge on any atom is -0.497 e. The Morgan fingerprint density at radius 3 is 2.48 bits per heavy atom. The summed E-state index contributed by atoms with van der Waals surface area (Å²) < 4.78 is 61.3. The van der Waals surface area contributed by atoms with Crippen molar-refractivity contribution in [2.75, 3.05) is 26.7 Å². The molecule has 0 aliphatic carbocycles. The van der Waals surface area contributed by atoms with Crippen LogP contribution >= 0.6 is 0 Å². The lowest BCUT2D eigenvalue weighted by molar-refractivity contribution is -0.141. The van der Waals surface area contributed by atoms with Gasteiger partial charge in [-0.2, -0.15) is 0 Å². The van der Waals surface area contributed by atoms with E-state index in [-0.39, 0.29) is 19.4 Å². The number of carboxylic acid groups (broad SMARTS) is 1. The molecule has 0 bridgehead atoms. The fraction of sp³-hybridized carbons (Fsp3) is 0.467. The Bertz CT molecular complexity index is 1320. The van der Waals surface area contributed by atoms with Crippen LogP contribution in [0.2, 0.25) is 0 Å². The van der Waals surface area contributed by atoms with Crippen LogP contribution in [0.3, 0.4) is 0 Å². The average Bonchev–Trinajstić information content (AvgIpc) is 2.94. The minimum absolute atomic E-state index is 0.0700. The smallest absolute Gasteiger partial charge is 0.303 e. The van der Waals surface area contributed by atoms with Gasteiger partial charge in [0.25, 0.3) is 0 Å². The molecule has 1 saturated heterocycles. The number of hydrogen-bond acceptors (Lipinski definition) is 5.